The molecule has 6 heteroatoms. The van der Waals surface area contributed by atoms with Gasteiger partial charge in [-0.05, 0) is 71.8 Å². The summed E-state index contributed by atoms with van der Waals surface area (Å²) in [7, 11) is 0. The third-order valence-electron chi connectivity index (χ3n) is 4.45. The largest absolute Gasteiger partial charge is 0.352 e. The Balaban J connectivity index is 1.94. The molecular formula is C22H27BrN2O2S. The number of carbonyl (C=O) groups excluding carboxylic acids is 2. The van der Waals surface area contributed by atoms with Gasteiger partial charge in [0, 0.05) is 10.5 Å². The van der Waals surface area contributed by atoms with E-state index in [2.05, 4.69) is 38.7 Å². The first kappa shape index (κ1) is 22.5. The van der Waals surface area contributed by atoms with Crippen LogP contribution in [0.25, 0.3) is 0 Å². The minimum absolute atomic E-state index is 0.0323. The summed E-state index contributed by atoms with van der Waals surface area (Å²) in [6.07, 6.45) is 4.34. The number of nitrogens with one attached hydrogen (secondary N) is 2. The Bertz CT molecular complexity index is 770. The molecule has 0 aromatic heterocycles. The zero-order valence-electron chi connectivity index (χ0n) is 16.3. The number of thioether (sulfide) groups is 1. The number of halogens is 1. The molecule has 2 aromatic carbocycles. The van der Waals surface area contributed by atoms with Crippen molar-refractivity contribution in [3.05, 3.63) is 70.2 Å². The number of amides is 2. The molecule has 28 heavy (non-hydrogen) atoms. The van der Waals surface area contributed by atoms with Gasteiger partial charge in [-0.1, -0.05) is 42.5 Å². The van der Waals surface area contributed by atoms with E-state index < -0.39 is 6.04 Å². The van der Waals surface area contributed by atoms with E-state index in [0.717, 1.165) is 18.6 Å². The van der Waals surface area contributed by atoms with Gasteiger partial charge in [0.15, 0.2) is 0 Å². The van der Waals surface area contributed by atoms with Gasteiger partial charge in [0.25, 0.3) is 5.91 Å². The lowest BCUT2D eigenvalue weighted by Crippen LogP contribution is -2.49. The molecule has 0 saturated carbocycles. The van der Waals surface area contributed by atoms with E-state index >= 15 is 0 Å². The van der Waals surface area contributed by atoms with E-state index in [-0.39, 0.29) is 17.9 Å². The molecule has 4 nitrogen and oxygen atoms in total. The third-order valence-corrected chi connectivity index (χ3v) is 5.78. The molecule has 2 N–H and O–H groups in total. The van der Waals surface area contributed by atoms with Gasteiger partial charge >= 0.3 is 0 Å². The molecule has 0 aliphatic carbocycles. The molecule has 2 amide bonds. The highest BCUT2D eigenvalue weighted by Gasteiger charge is 2.23. The number of hydrogen-bond acceptors (Lipinski definition) is 3. The van der Waals surface area contributed by atoms with E-state index in [4.69, 9.17) is 0 Å². The fourth-order valence-corrected chi connectivity index (χ4v) is 3.77. The first-order chi connectivity index (χ1) is 13.5. The van der Waals surface area contributed by atoms with Gasteiger partial charge < -0.3 is 10.6 Å². The highest BCUT2D eigenvalue weighted by molar-refractivity contribution is 9.10. The van der Waals surface area contributed by atoms with Gasteiger partial charge in [-0.25, -0.2) is 0 Å². The van der Waals surface area contributed by atoms with Crippen LogP contribution >= 0.6 is 27.7 Å². The van der Waals surface area contributed by atoms with Crippen LogP contribution in [0.2, 0.25) is 0 Å². The highest BCUT2D eigenvalue weighted by Crippen LogP contribution is 2.16. The molecule has 2 rings (SSSR count). The topological polar surface area (TPSA) is 58.2 Å². The van der Waals surface area contributed by atoms with Crippen molar-refractivity contribution in [2.45, 2.75) is 38.3 Å². The lowest BCUT2D eigenvalue weighted by atomic mass is 10.1. The van der Waals surface area contributed by atoms with Crippen LogP contribution in [0.4, 0.5) is 0 Å². The average Bonchev–Trinajstić information content (AvgIpc) is 2.70. The predicted octanol–water partition coefficient (Wildman–Crippen LogP) is 4.44. The maximum atomic E-state index is 12.8. The molecule has 0 unspecified atom stereocenters. The van der Waals surface area contributed by atoms with E-state index in [1.807, 2.05) is 49.6 Å². The maximum absolute atomic E-state index is 12.8. The van der Waals surface area contributed by atoms with Crippen LogP contribution in [0.5, 0.6) is 0 Å². The van der Waals surface area contributed by atoms with E-state index in [1.165, 1.54) is 5.56 Å². The minimum atomic E-state index is -0.550. The van der Waals surface area contributed by atoms with Gasteiger partial charge in [-0.3, -0.25) is 9.59 Å². The van der Waals surface area contributed by atoms with Crippen LogP contribution in [0.15, 0.2) is 59.1 Å². The lowest BCUT2D eigenvalue weighted by Gasteiger charge is -2.21. The van der Waals surface area contributed by atoms with Gasteiger partial charge in [-0.2, -0.15) is 11.8 Å². The fraction of sp³-hybridized carbons (Fsp3) is 0.364. The minimum Gasteiger partial charge on any atom is -0.352 e. The Kier molecular flexibility index (Phi) is 9.58. The maximum Gasteiger partial charge on any atom is 0.253 e. The van der Waals surface area contributed by atoms with Crippen molar-refractivity contribution < 1.29 is 9.59 Å². The first-order valence-electron chi connectivity index (χ1n) is 9.40. The van der Waals surface area contributed by atoms with Crippen LogP contribution in [0.3, 0.4) is 0 Å². The molecule has 0 bridgehead atoms. The van der Waals surface area contributed by atoms with Crippen molar-refractivity contribution in [1.82, 2.24) is 10.6 Å². The molecule has 0 aliphatic rings. The number of rotatable bonds is 10. The van der Waals surface area contributed by atoms with E-state index in [1.54, 1.807) is 17.8 Å². The summed E-state index contributed by atoms with van der Waals surface area (Å²) in [6.45, 7) is 2.00. The normalized spacial score (nSPS) is 12.8. The Labute approximate surface area is 180 Å². The molecule has 2 atom stereocenters. The Hall–Kier alpha value is -1.79. The second-order valence-electron chi connectivity index (χ2n) is 6.72. The van der Waals surface area contributed by atoms with Crippen molar-refractivity contribution in [3.63, 3.8) is 0 Å². The summed E-state index contributed by atoms with van der Waals surface area (Å²) < 4.78 is 0.716. The first-order valence-corrected chi connectivity index (χ1v) is 11.6. The van der Waals surface area contributed by atoms with Gasteiger partial charge in [-0.15, -0.1) is 0 Å². The molecule has 0 fully saturated rings. The standard InChI is InChI=1S/C22H27BrN2O2S/c1-16(12-13-17-8-4-3-5-9-17)24-22(27)20(14-15-28-2)25-21(26)18-10-6-7-11-19(18)23/h3-11,16,20H,12-15H2,1-2H3,(H,24,27)(H,25,26)/t16-,20-/m0/s1. The van der Waals surface area contributed by atoms with Crippen molar-refractivity contribution >= 4 is 39.5 Å². The van der Waals surface area contributed by atoms with E-state index in [0.29, 0.717) is 16.5 Å². The van der Waals surface area contributed by atoms with Crippen LogP contribution < -0.4 is 10.6 Å². The molecule has 0 spiro atoms. The zero-order valence-corrected chi connectivity index (χ0v) is 18.7. The Morgan fingerprint density at radius 2 is 1.68 bits per heavy atom. The van der Waals surface area contributed by atoms with Gasteiger partial charge in [0.1, 0.15) is 6.04 Å². The summed E-state index contributed by atoms with van der Waals surface area (Å²) in [6, 6.07) is 16.9. The average molecular weight is 463 g/mol. The highest BCUT2D eigenvalue weighted by atomic mass is 79.9. The Morgan fingerprint density at radius 1 is 1.00 bits per heavy atom. The summed E-state index contributed by atoms with van der Waals surface area (Å²) in [5.41, 5.74) is 1.78. The number of benzene rings is 2. The second-order valence-corrected chi connectivity index (χ2v) is 8.56. The molecule has 0 radical (unpaired) electrons. The van der Waals surface area contributed by atoms with Crippen LogP contribution in [-0.4, -0.2) is 35.9 Å². The molecule has 150 valence electrons. The lowest BCUT2D eigenvalue weighted by molar-refractivity contribution is -0.123. The SMILES string of the molecule is CSCC[C@H](NC(=O)c1ccccc1Br)C(=O)N[C@@H](C)CCc1ccccc1. The van der Waals surface area contributed by atoms with Crippen molar-refractivity contribution in [2.75, 3.05) is 12.0 Å². The Morgan fingerprint density at radius 3 is 2.36 bits per heavy atom. The van der Waals surface area contributed by atoms with Crippen LogP contribution in [0.1, 0.15) is 35.7 Å². The van der Waals surface area contributed by atoms with Gasteiger partial charge in [0.05, 0.1) is 5.56 Å². The zero-order chi connectivity index (χ0) is 20.4. The number of hydrogen-bond donors (Lipinski definition) is 2. The molecular weight excluding hydrogens is 436 g/mol. The molecule has 0 saturated heterocycles. The number of aryl methyl sites for hydroxylation is 1. The number of carbonyl (C=O) groups is 2. The quantitative estimate of drug-likeness (QED) is 0.548. The third kappa shape index (κ3) is 7.32. The fourth-order valence-electron chi connectivity index (χ4n) is 2.83. The predicted molar refractivity (Wildman–Crippen MR) is 121 cm³/mol. The summed E-state index contributed by atoms with van der Waals surface area (Å²) in [5, 5.41) is 5.95. The monoisotopic (exact) mass is 462 g/mol. The van der Waals surface area contributed by atoms with E-state index in [9.17, 15) is 9.59 Å². The summed E-state index contributed by atoms with van der Waals surface area (Å²) in [5.74, 6) is 0.424. The smallest absolute Gasteiger partial charge is 0.253 e. The van der Waals surface area contributed by atoms with Crippen molar-refractivity contribution in [2.24, 2.45) is 0 Å². The molecule has 0 heterocycles. The van der Waals surface area contributed by atoms with Crippen LogP contribution in [-0.2, 0) is 11.2 Å². The summed E-state index contributed by atoms with van der Waals surface area (Å²) >= 11 is 5.05. The molecule has 2 aromatic rings. The van der Waals surface area contributed by atoms with Crippen molar-refractivity contribution in [1.29, 1.82) is 0 Å². The van der Waals surface area contributed by atoms with Crippen molar-refractivity contribution in [3.8, 4) is 0 Å². The second kappa shape index (κ2) is 11.9. The summed E-state index contributed by atoms with van der Waals surface area (Å²) in [4.78, 5) is 25.4. The van der Waals surface area contributed by atoms with Gasteiger partial charge in [0.2, 0.25) is 5.91 Å². The molecule has 0 aliphatic heterocycles. The van der Waals surface area contributed by atoms with Crippen LogP contribution in [0, 0.1) is 0 Å².